The summed E-state index contributed by atoms with van der Waals surface area (Å²) in [6.07, 6.45) is 4.74. The first-order valence-corrected chi connectivity index (χ1v) is 8.74. The van der Waals surface area contributed by atoms with E-state index in [0.29, 0.717) is 15.2 Å². The van der Waals surface area contributed by atoms with Crippen molar-refractivity contribution in [3.63, 3.8) is 0 Å². The molecule has 1 aromatic carbocycles. The van der Waals surface area contributed by atoms with E-state index in [1.165, 1.54) is 29.5 Å². The molecule has 1 amide bonds. The fourth-order valence-corrected chi connectivity index (χ4v) is 4.17. The standard InChI is InChI=1S/C17H14BrFN2O2S/c1-9-14(10-2-4-12(19)5-3-10)24-16(21-9)17(23)7-6-11(18)8-13(17)15(20)22/h2-8,13,23H,1H3,(H2,20,22). The Kier molecular flexibility index (Phi) is 4.42. The Morgan fingerprint density at radius 3 is 2.71 bits per heavy atom. The Bertz CT molecular complexity index is 860. The van der Waals surface area contributed by atoms with Gasteiger partial charge >= 0.3 is 0 Å². The predicted molar refractivity (Wildman–Crippen MR) is 95.0 cm³/mol. The molecule has 0 aliphatic heterocycles. The molecule has 24 heavy (non-hydrogen) atoms. The van der Waals surface area contributed by atoms with Gasteiger partial charge in [-0.2, -0.15) is 0 Å². The molecule has 1 aliphatic rings. The van der Waals surface area contributed by atoms with Gasteiger partial charge in [0.1, 0.15) is 16.4 Å². The van der Waals surface area contributed by atoms with Crippen molar-refractivity contribution in [2.45, 2.75) is 12.5 Å². The zero-order valence-electron chi connectivity index (χ0n) is 12.7. The molecule has 0 radical (unpaired) electrons. The van der Waals surface area contributed by atoms with Crippen LogP contribution in [0, 0.1) is 18.7 Å². The number of carbonyl (C=O) groups is 1. The van der Waals surface area contributed by atoms with E-state index in [4.69, 9.17) is 5.73 Å². The normalized spacial score (nSPS) is 23.2. The quantitative estimate of drug-likeness (QED) is 0.816. The average Bonchev–Trinajstić information content (AvgIpc) is 2.93. The molecule has 3 rings (SSSR count). The number of hydrogen-bond donors (Lipinski definition) is 2. The van der Waals surface area contributed by atoms with E-state index in [2.05, 4.69) is 20.9 Å². The van der Waals surface area contributed by atoms with Crippen LogP contribution in [-0.2, 0) is 10.4 Å². The summed E-state index contributed by atoms with van der Waals surface area (Å²) in [5, 5.41) is 11.4. The number of aromatic nitrogens is 1. The number of thiazole rings is 1. The molecule has 2 unspecified atom stereocenters. The van der Waals surface area contributed by atoms with Crippen molar-refractivity contribution in [1.82, 2.24) is 4.98 Å². The number of benzene rings is 1. The maximum atomic E-state index is 13.1. The second kappa shape index (κ2) is 6.23. The van der Waals surface area contributed by atoms with Gasteiger partial charge in [-0.05, 0) is 36.8 Å². The number of allylic oxidation sites excluding steroid dienone is 2. The highest BCUT2D eigenvalue weighted by Gasteiger charge is 2.43. The van der Waals surface area contributed by atoms with Gasteiger partial charge in [0.05, 0.1) is 16.5 Å². The topological polar surface area (TPSA) is 76.2 Å². The first-order valence-electron chi connectivity index (χ1n) is 7.13. The van der Waals surface area contributed by atoms with Gasteiger partial charge in [-0.1, -0.05) is 34.1 Å². The van der Waals surface area contributed by atoms with Crippen LogP contribution in [-0.4, -0.2) is 16.0 Å². The molecule has 0 saturated carbocycles. The van der Waals surface area contributed by atoms with E-state index >= 15 is 0 Å². The van der Waals surface area contributed by atoms with Crippen molar-refractivity contribution in [2.24, 2.45) is 11.7 Å². The highest BCUT2D eigenvalue weighted by atomic mass is 79.9. The molecule has 3 N–H and O–H groups in total. The lowest BCUT2D eigenvalue weighted by Crippen LogP contribution is -2.41. The third kappa shape index (κ3) is 2.94. The van der Waals surface area contributed by atoms with E-state index in [1.807, 2.05) is 0 Å². The van der Waals surface area contributed by atoms with Crippen LogP contribution in [0.3, 0.4) is 0 Å². The Morgan fingerprint density at radius 1 is 1.42 bits per heavy atom. The lowest BCUT2D eigenvalue weighted by Gasteiger charge is -2.30. The zero-order chi connectivity index (χ0) is 17.5. The number of hydrogen-bond acceptors (Lipinski definition) is 4. The summed E-state index contributed by atoms with van der Waals surface area (Å²) < 4.78 is 13.8. The molecule has 1 aromatic heterocycles. The molecule has 4 nitrogen and oxygen atoms in total. The lowest BCUT2D eigenvalue weighted by molar-refractivity contribution is -0.126. The van der Waals surface area contributed by atoms with Crippen molar-refractivity contribution in [2.75, 3.05) is 0 Å². The van der Waals surface area contributed by atoms with E-state index in [9.17, 15) is 14.3 Å². The fourth-order valence-electron chi connectivity index (χ4n) is 2.59. The molecule has 0 fully saturated rings. The molecular weight excluding hydrogens is 395 g/mol. The first-order chi connectivity index (χ1) is 11.3. The Balaban J connectivity index is 2.07. The lowest BCUT2D eigenvalue weighted by atomic mass is 9.83. The van der Waals surface area contributed by atoms with E-state index < -0.39 is 17.4 Å². The number of aliphatic hydroxyl groups is 1. The number of rotatable bonds is 3. The van der Waals surface area contributed by atoms with Crippen molar-refractivity contribution < 1.29 is 14.3 Å². The second-order valence-electron chi connectivity index (χ2n) is 5.53. The third-order valence-corrected chi connectivity index (χ3v) is 5.72. The molecule has 1 aliphatic carbocycles. The van der Waals surface area contributed by atoms with Gasteiger partial charge in [-0.15, -0.1) is 11.3 Å². The molecule has 0 spiro atoms. The van der Waals surface area contributed by atoms with Crippen LogP contribution in [0.2, 0.25) is 0 Å². The van der Waals surface area contributed by atoms with Crippen molar-refractivity contribution in [1.29, 1.82) is 0 Å². The number of amides is 1. The maximum absolute atomic E-state index is 13.1. The Morgan fingerprint density at radius 2 is 2.08 bits per heavy atom. The minimum atomic E-state index is -1.60. The summed E-state index contributed by atoms with van der Waals surface area (Å²) in [6.45, 7) is 1.81. The van der Waals surface area contributed by atoms with Crippen LogP contribution in [0.1, 0.15) is 10.7 Å². The highest BCUT2D eigenvalue weighted by molar-refractivity contribution is 9.11. The van der Waals surface area contributed by atoms with Crippen molar-refractivity contribution in [3.8, 4) is 10.4 Å². The summed E-state index contributed by atoms with van der Waals surface area (Å²) in [6, 6.07) is 6.05. The maximum Gasteiger partial charge on any atom is 0.228 e. The van der Waals surface area contributed by atoms with Gasteiger partial charge in [0.15, 0.2) is 0 Å². The second-order valence-corrected chi connectivity index (χ2v) is 7.45. The molecule has 1 heterocycles. The summed E-state index contributed by atoms with van der Waals surface area (Å²) in [7, 11) is 0. The smallest absolute Gasteiger partial charge is 0.228 e. The number of primary amides is 1. The molecule has 2 aromatic rings. The minimum absolute atomic E-state index is 0.321. The van der Waals surface area contributed by atoms with Crippen LogP contribution in [0.25, 0.3) is 10.4 Å². The monoisotopic (exact) mass is 408 g/mol. The van der Waals surface area contributed by atoms with E-state index in [0.717, 1.165) is 10.4 Å². The summed E-state index contributed by atoms with van der Waals surface area (Å²) >= 11 is 4.55. The highest BCUT2D eigenvalue weighted by Crippen LogP contribution is 2.42. The fraction of sp³-hybridized carbons (Fsp3) is 0.176. The molecule has 0 bridgehead atoms. The zero-order valence-corrected chi connectivity index (χ0v) is 15.1. The number of nitrogens with zero attached hydrogens (tertiary/aromatic N) is 1. The number of carbonyl (C=O) groups excluding carboxylic acids is 1. The average molecular weight is 409 g/mol. The molecule has 124 valence electrons. The largest absolute Gasteiger partial charge is 0.377 e. The van der Waals surface area contributed by atoms with Crippen LogP contribution >= 0.6 is 27.3 Å². The van der Waals surface area contributed by atoms with Crippen LogP contribution in [0.15, 0.2) is 47.0 Å². The Hall–Kier alpha value is -1.83. The van der Waals surface area contributed by atoms with Crippen LogP contribution < -0.4 is 5.73 Å². The number of nitrogens with two attached hydrogens (primary N) is 1. The minimum Gasteiger partial charge on any atom is -0.377 e. The Labute approximate surface area is 150 Å². The predicted octanol–water partition coefficient (Wildman–Crippen LogP) is 3.40. The van der Waals surface area contributed by atoms with E-state index in [1.54, 1.807) is 31.2 Å². The van der Waals surface area contributed by atoms with Crippen molar-refractivity contribution in [3.05, 3.63) is 63.5 Å². The van der Waals surface area contributed by atoms with Crippen LogP contribution in [0.4, 0.5) is 4.39 Å². The van der Waals surface area contributed by atoms with Gasteiger partial charge in [0.25, 0.3) is 0 Å². The summed E-state index contributed by atoms with van der Waals surface area (Å²) in [5.74, 6) is -1.89. The molecule has 7 heteroatoms. The van der Waals surface area contributed by atoms with E-state index in [-0.39, 0.29) is 5.82 Å². The SMILES string of the molecule is Cc1nc(C2(O)C=CC(Br)=CC2C(N)=O)sc1-c1ccc(F)cc1. The summed E-state index contributed by atoms with van der Waals surface area (Å²) in [5.41, 5.74) is 5.35. The van der Waals surface area contributed by atoms with Gasteiger partial charge in [-0.25, -0.2) is 9.37 Å². The molecular formula is C17H14BrFN2O2S. The molecule has 2 atom stereocenters. The summed E-state index contributed by atoms with van der Waals surface area (Å²) in [4.78, 5) is 17.0. The number of halogens is 2. The van der Waals surface area contributed by atoms with Gasteiger partial charge in [-0.3, -0.25) is 4.79 Å². The van der Waals surface area contributed by atoms with Crippen LogP contribution in [0.5, 0.6) is 0 Å². The van der Waals surface area contributed by atoms with Crippen molar-refractivity contribution >= 4 is 33.2 Å². The third-order valence-electron chi connectivity index (χ3n) is 3.85. The van der Waals surface area contributed by atoms with Gasteiger partial charge in [0, 0.05) is 4.48 Å². The van der Waals surface area contributed by atoms with Gasteiger partial charge < -0.3 is 10.8 Å². The van der Waals surface area contributed by atoms with Gasteiger partial charge in [0.2, 0.25) is 5.91 Å². The molecule has 0 saturated heterocycles. The number of aryl methyl sites for hydroxylation is 1. The first kappa shape index (κ1) is 17.0.